The van der Waals surface area contributed by atoms with Crippen molar-refractivity contribution in [2.24, 2.45) is 0 Å². The van der Waals surface area contributed by atoms with Crippen molar-refractivity contribution >= 4 is 28.3 Å². The molecule has 2 aromatic heterocycles. The van der Waals surface area contributed by atoms with Crippen molar-refractivity contribution in [3.63, 3.8) is 0 Å². The fraction of sp³-hybridized carbons (Fsp3) is 0.290. The summed E-state index contributed by atoms with van der Waals surface area (Å²) in [4.78, 5) is 11.8. The van der Waals surface area contributed by atoms with Crippen LogP contribution in [0.15, 0.2) is 60.8 Å². The molecule has 1 fully saturated rings. The average molecular weight is 604 g/mol. The summed E-state index contributed by atoms with van der Waals surface area (Å²) in [5.41, 5.74) is 9.57. The van der Waals surface area contributed by atoms with Gasteiger partial charge in [0.15, 0.2) is 17.3 Å². The minimum Gasteiger partial charge on any atom is -0.493 e. The molecule has 10 nitrogen and oxygen atoms in total. The average Bonchev–Trinajstić information content (AvgIpc) is 3.50. The zero-order valence-electron chi connectivity index (χ0n) is 23.7. The molecule has 0 spiro atoms. The third-order valence-corrected chi connectivity index (χ3v) is 7.68. The van der Waals surface area contributed by atoms with E-state index in [9.17, 15) is 4.39 Å². The Labute approximate surface area is 253 Å². The van der Waals surface area contributed by atoms with Crippen LogP contribution in [0.4, 0.5) is 10.2 Å². The molecule has 2 N–H and O–H groups in total. The number of benzene rings is 3. The molecule has 12 heteroatoms. The van der Waals surface area contributed by atoms with Crippen LogP contribution in [-0.4, -0.2) is 76.4 Å². The van der Waals surface area contributed by atoms with E-state index in [0.717, 1.165) is 50.4 Å². The van der Waals surface area contributed by atoms with Crippen LogP contribution >= 0.6 is 11.6 Å². The molecule has 5 aromatic rings. The molecule has 43 heavy (non-hydrogen) atoms. The van der Waals surface area contributed by atoms with Crippen LogP contribution in [0.3, 0.4) is 0 Å². The van der Waals surface area contributed by atoms with Gasteiger partial charge in [-0.1, -0.05) is 41.1 Å². The van der Waals surface area contributed by atoms with E-state index in [1.54, 1.807) is 30.1 Å². The summed E-state index contributed by atoms with van der Waals surface area (Å²) in [7, 11) is 1.60. The lowest BCUT2D eigenvalue weighted by molar-refractivity contribution is 0.0357. The van der Waals surface area contributed by atoms with Crippen LogP contribution in [0.5, 0.6) is 11.5 Å². The number of aromatic nitrogens is 5. The van der Waals surface area contributed by atoms with E-state index in [-0.39, 0.29) is 6.54 Å². The normalized spacial score (nSPS) is 13.8. The van der Waals surface area contributed by atoms with Gasteiger partial charge in [0.05, 0.1) is 45.2 Å². The maximum atomic E-state index is 14.3. The summed E-state index contributed by atoms with van der Waals surface area (Å²) < 4.78 is 32.9. The highest BCUT2D eigenvalue weighted by Crippen LogP contribution is 2.35. The van der Waals surface area contributed by atoms with Gasteiger partial charge in [-0.15, -0.1) is 5.10 Å². The monoisotopic (exact) mass is 603 g/mol. The quantitative estimate of drug-likeness (QED) is 0.218. The lowest BCUT2D eigenvalue weighted by atomic mass is 10.1. The number of rotatable bonds is 10. The molecule has 6 rings (SSSR count). The SMILES string of the molecule is COc1cc2nc(-c3cccc(-c4cn(Cc5c(F)cccc5Cl)nn4)c3)nc(N)c2cc1OCCCN1CCOCC1. The van der Waals surface area contributed by atoms with Crippen LogP contribution < -0.4 is 15.2 Å². The Hall–Kier alpha value is -4.32. The van der Waals surface area contributed by atoms with Crippen LogP contribution in [-0.2, 0) is 11.3 Å². The molecule has 0 atom stereocenters. The first-order chi connectivity index (χ1) is 21.0. The minimum absolute atomic E-state index is 0.157. The van der Waals surface area contributed by atoms with Crippen molar-refractivity contribution in [2.75, 3.05) is 52.3 Å². The van der Waals surface area contributed by atoms with E-state index in [2.05, 4.69) is 20.2 Å². The number of ether oxygens (including phenoxy) is 3. The van der Waals surface area contributed by atoms with Gasteiger partial charge in [-0.3, -0.25) is 4.90 Å². The summed E-state index contributed by atoms with van der Waals surface area (Å²) in [6, 6.07) is 15.8. The molecule has 0 amide bonds. The fourth-order valence-electron chi connectivity index (χ4n) is 5.03. The maximum absolute atomic E-state index is 14.3. The third kappa shape index (κ3) is 6.53. The Bertz CT molecular complexity index is 1720. The highest BCUT2D eigenvalue weighted by Gasteiger charge is 2.16. The van der Waals surface area contributed by atoms with E-state index in [4.69, 9.17) is 36.5 Å². The van der Waals surface area contributed by atoms with Crippen molar-refractivity contribution in [3.8, 4) is 34.1 Å². The summed E-state index contributed by atoms with van der Waals surface area (Å²) in [5, 5.41) is 9.46. The highest BCUT2D eigenvalue weighted by atomic mass is 35.5. The molecule has 1 aliphatic rings. The summed E-state index contributed by atoms with van der Waals surface area (Å²) >= 11 is 6.18. The molecule has 3 aromatic carbocycles. The Balaban J connectivity index is 1.20. The van der Waals surface area contributed by atoms with Crippen molar-refractivity contribution < 1.29 is 18.6 Å². The van der Waals surface area contributed by atoms with Gasteiger partial charge in [0.1, 0.15) is 17.3 Å². The minimum atomic E-state index is -0.392. The van der Waals surface area contributed by atoms with Gasteiger partial charge in [0.25, 0.3) is 0 Å². The predicted molar refractivity (Wildman–Crippen MR) is 163 cm³/mol. The molecule has 0 bridgehead atoms. The summed E-state index contributed by atoms with van der Waals surface area (Å²) in [5.74, 6) is 1.57. The summed E-state index contributed by atoms with van der Waals surface area (Å²) in [6.45, 7) is 5.10. The van der Waals surface area contributed by atoms with Crippen LogP contribution in [0, 0.1) is 5.82 Å². The van der Waals surface area contributed by atoms with Crippen molar-refractivity contribution in [2.45, 2.75) is 13.0 Å². The molecular weight excluding hydrogens is 573 g/mol. The molecule has 0 saturated carbocycles. The van der Waals surface area contributed by atoms with Crippen molar-refractivity contribution in [1.29, 1.82) is 0 Å². The Kier molecular flexibility index (Phi) is 8.64. The number of nitrogens with zero attached hydrogens (tertiary/aromatic N) is 6. The number of hydrogen-bond donors (Lipinski definition) is 1. The van der Waals surface area contributed by atoms with Gasteiger partial charge in [0, 0.05) is 52.8 Å². The number of anilines is 1. The van der Waals surface area contributed by atoms with E-state index in [1.165, 1.54) is 6.07 Å². The molecule has 3 heterocycles. The molecule has 0 radical (unpaired) electrons. The molecular formula is C31H31ClFN7O3. The van der Waals surface area contributed by atoms with E-state index in [0.29, 0.717) is 56.9 Å². The van der Waals surface area contributed by atoms with Gasteiger partial charge in [0.2, 0.25) is 0 Å². The van der Waals surface area contributed by atoms with Crippen molar-refractivity contribution in [1.82, 2.24) is 29.9 Å². The van der Waals surface area contributed by atoms with Crippen LogP contribution in [0.2, 0.25) is 5.02 Å². The second-order valence-electron chi connectivity index (χ2n) is 10.2. The Morgan fingerprint density at radius 3 is 2.65 bits per heavy atom. The van der Waals surface area contributed by atoms with Gasteiger partial charge in [-0.2, -0.15) is 0 Å². The topological polar surface area (TPSA) is 113 Å². The number of morpholine rings is 1. The fourth-order valence-corrected chi connectivity index (χ4v) is 5.25. The number of halogens is 2. The number of nitrogen functional groups attached to an aromatic ring is 1. The zero-order chi connectivity index (χ0) is 29.8. The first-order valence-electron chi connectivity index (χ1n) is 14.0. The molecule has 0 unspecified atom stereocenters. The molecule has 222 valence electrons. The number of nitrogens with two attached hydrogens (primary N) is 1. The summed E-state index contributed by atoms with van der Waals surface area (Å²) in [6.07, 6.45) is 2.62. The third-order valence-electron chi connectivity index (χ3n) is 7.33. The smallest absolute Gasteiger partial charge is 0.162 e. The van der Waals surface area contributed by atoms with E-state index < -0.39 is 5.82 Å². The lowest BCUT2D eigenvalue weighted by Gasteiger charge is -2.26. The predicted octanol–water partition coefficient (Wildman–Crippen LogP) is 5.09. The van der Waals surface area contributed by atoms with E-state index >= 15 is 0 Å². The zero-order valence-corrected chi connectivity index (χ0v) is 24.4. The molecule has 1 aliphatic heterocycles. The number of fused-ring (bicyclic) bond motifs is 1. The van der Waals surface area contributed by atoms with E-state index in [1.807, 2.05) is 36.4 Å². The molecule has 0 aliphatic carbocycles. The molecule has 1 saturated heterocycles. The first-order valence-corrected chi connectivity index (χ1v) is 14.4. The number of methoxy groups -OCH3 is 1. The second-order valence-corrected chi connectivity index (χ2v) is 10.6. The van der Waals surface area contributed by atoms with Gasteiger partial charge >= 0.3 is 0 Å². The van der Waals surface area contributed by atoms with Gasteiger partial charge < -0.3 is 19.9 Å². The maximum Gasteiger partial charge on any atom is 0.162 e. The number of hydrogen-bond acceptors (Lipinski definition) is 9. The Morgan fingerprint density at radius 1 is 1.02 bits per heavy atom. The van der Waals surface area contributed by atoms with Crippen LogP contribution in [0.25, 0.3) is 33.5 Å². The highest BCUT2D eigenvalue weighted by molar-refractivity contribution is 6.31. The van der Waals surface area contributed by atoms with Gasteiger partial charge in [-0.25, -0.2) is 19.0 Å². The van der Waals surface area contributed by atoms with Gasteiger partial charge in [-0.05, 0) is 30.7 Å². The second kappa shape index (κ2) is 12.9. The Morgan fingerprint density at radius 2 is 1.84 bits per heavy atom. The van der Waals surface area contributed by atoms with Crippen LogP contribution in [0.1, 0.15) is 12.0 Å². The standard InChI is InChI=1S/C31H31ClFN7O3/c1-41-28-17-26-22(16-29(28)43-12-4-9-39-10-13-42-14-11-39)30(34)36-31(35-26)21-6-2-5-20(15-21)27-19-40(38-37-27)18-23-24(32)7-3-8-25(23)33/h2-3,5-8,15-17,19H,4,9-14,18H2,1H3,(H2,34,35,36). The first kappa shape index (κ1) is 28.8. The lowest BCUT2D eigenvalue weighted by Crippen LogP contribution is -2.37. The largest absolute Gasteiger partial charge is 0.493 e. The van der Waals surface area contributed by atoms with Crippen molar-refractivity contribution in [3.05, 3.63) is 77.2 Å².